The lowest BCUT2D eigenvalue weighted by Crippen LogP contribution is -2.28. The van der Waals surface area contributed by atoms with Gasteiger partial charge in [0.2, 0.25) is 5.91 Å². The number of aromatic nitrogens is 1. The molecule has 1 amide bonds. The van der Waals surface area contributed by atoms with Crippen molar-refractivity contribution in [2.24, 2.45) is 0 Å². The molecular weight excluding hydrogens is 368 g/mol. The van der Waals surface area contributed by atoms with Crippen LogP contribution in [0.25, 0.3) is 0 Å². The number of hydrogen-bond donors (Lipinski definition) is 2. The van der Waals surface area contributed by atoms with Gasteiger partial charge in [-0.1, -0.05) is 0 Å². The maximum atomic E-state index is 12.6. The molecule has 7 nitrogen and oxygen atoms in total. The second kappa shape index (κ2) is 8.06. The number of benzene rings is 1. The third-order valence-electron chi connectivity index (χ3n) is 4.60. The molecule has 0 bridgehead atoms. The van der Waals surface area contributed by atoms with Gasteiger partial charge in [-0.15, -0.1) is 11.8 Å². The van der Waals surface area contributed by atoms with Gasteiger partial charge in [0.15, 0.2) is 0 Å². The monoisotopic (exact) mass is 390 g/mol. The number of hydrogen-bond acceptors (Lipinski definition) is 7. The third kappa shape index (κ3) is 3.68. The Kier molecular flexibility index (Phi) is 5.76. The summed E-state index contributed by atoms with van der Waals surface area (Å²) in [6, 6.07) is 5.46. The summed E-state index contributed by atoms with van der Waals surface area (Å²) in [4.78, 5) is 18.3. The van der Waals surface area contributed by atoms with Crippen LogP contribution in [0.4, 0.5) is 0 Å². The number of aryl methyl sites for hydroxylation is 1. The second-order valence-electron chi connectivity index (χ2n) is 6.15. The normalized spacial score (nSPS) is 16.7. The summed E-state index contributed by atoms with van der Waals surface area (Å²) in [6.07, 6.45) is 1.53. The zero-order chi connectivity index (χ0) is 19.6. The van der Waals surface area contributed by atoms with Gasteiger partial charge in [0, 0.05) is 22.9 Å². The van der Waals surface area contributed by atoms with Gasteiger partial charge in [-0.2, -0.15) is 0 Å². The van der Waals surface area contributed by atoms with Gasteiger partial charge in [0.25, 0.3) is 0 Å². The molecule has 3 rings (SSSR count). The largest absolute Gasteiger partial charge is 0.506 e. The molecule has 2 heterocycles. The lowest BCUT2D eigenvalue weighted by Gasteiger charge is -2.27. The van der Waals surface area contributed by atoms with Crippen LogP contribution in [0.1, 0.15) is 27.8 Å². The van der Waals surface area contributed by atoms with Crippen molar-refractivity contribution in [2.45, 2.75) is 25.4 Å². The predicted molar refractivity (Wildman–Crippen MR) is 102 cm³/mol. The lowest BCUT2D eigenvalue weighted by atomic mass is 10.1. The summed E-state index contributed by atoms with van der Waals surface area (Å²) in [5, 5.41) is 19.8. The zero-order valence-electron chi connectivity index (χ0n) is 15.4. The standard InChI is InChI=1S/C19H22N2O5S/c1-11-18(24)15(12(9-22)7-20-11)8-21-17(23)10-27-19(21)14-6-13(25-2)4-5-16(14)26-3/h4-7,19,22,24H,8-10H2,1-3H3. The van der Waals surface area contributed by atoms with E-state index in [2.05, 4.69) is 4.98 Å². The fourth-order valence-electron chi connectivity index (χ4n) is 3.08. The molecule has 27 heavy (non-hydrogen) atoms. The first-order chi connectivity index (χ1) is 13.0. The zero-order valence-corrected chi connectivity index (χ0v) is 16.2. The summed E-state index contributed by atoms with van der Waals surface area (Å²) in [5.74, 6) is 1.61. The van der Waals surface area contributed by atoms with Crippen LogP contribution < -0.4 is 9.47 Å². The molecule has 2 aromatic rings. The molecule has 2 N–H and O–H groups in total. The van der Waals surface area contributed by atoms with E-state index in [9.17, 15) is 15.0 Å². The average molecular weight is 390 g/mol. The molecule has 1 saturated heterocycles. The van der Waals surface area contributed by atoms with E-state index in [-0.39, 0.29) is 30.2 Å². The van der Waals surface area contributed by atoms with Gasteiger partial charge in [0.05, 0.1) is 38.8 Å². The van der Waals surface area contributed by atoms with Crippen LogP contribution in [0.3, 0.4) is 0 Å². The van der Waals surface area contributed by atoms with Crippen molar-refractivity contribution >= 4 is 17.7 Å². The lowest BCUT2D eigenvalue weighted by molar-refractivity contribution is -0.128. The number of rotatable bonds is 6. The quantitative estimate of drug-likeness (QED) is 0.782. The molecular formula is C19H22N2O5S. The Balaban J connectivity index is 2.01. The average Bonchev–Trinajstić information content (AvgIpc) is 3.05. The number of aliphatic hydroxyl groups excluding tert-OH is 1. The van der Waals surface area contributed by atoms with Crippen molar-refractivity contribution in [3.8, 4) is 17.2 Å². The van der Waals surface area contributed by atoms with Crippen LogP contribution in [-0.4, -0.2) is 46.0 Å². The van der Waals surface area contributed by atoms with Gasteiger partial charge in [-0.05, 0) is 25.1 Å². The highest BCUT2D eigenvalue weighted by Gasteiger charge is 2.36. The van der Waals surface area contributed by atoms with E-state index in [1.54, 1.807) is 32.1 Å². The van der Waals surface area contributed by atoms with Crippen LogP contribution in [0, 0.1) is 6.92 Å². The number of ether oxygens (including phenoxy) is 2. The molecule has 1 aliphatic rings. The molecule has 1 atom stereocenters. The molecule has 1 aromatic heterocycles. The predicted octanol–water partition coefficient (Wildman–Crippen LogP) is 2.38. The van der Waals surface area contributed by atoms with Crippen molar-refractivity contribution in [1.82, 2.24) is 9.88 Å². The highest BCUT2D eigenvalue weighted by atomic mass is 32.2. The van der Waals surface area contributed by atoms with Crippen molar-refractivity contribution in [2.75, 3.05) is 20.0 Å². The van der Waals surface area contributed by atoms with Crippen molar-refractivity contribution < 1.29 is 24.5 Å². The molecule has 0 aliphatic carbocycles. The Bertz CT molecular complexity index is 858. The molecule has 1 unspecified atom stereocenters. The minimum absolute atomic E-state index is 0.00241. The van der Waals surface area contributed by atoms with Gasteiger partial charge >= 0.3 is 0 Å². The summed E-state index contributed by atoms with van der Waals surface area (Å²) < 4.78 is 10.8. The molecule has 1 fully saturated rings. The highest BCUT2D eigenvalue weighted by Crippen LogP contribution is 2.45. The Morgan fingerprint density at radius 1 is 1.33 bits per heavy atom. The van der Waals surface area contributed by atoms with E-state index in [4.69, 9.17) is 9.47 Å². The van der Waals surface area contributed by atoms with Crippen molar-refractivity contribution in [3.05, 3.63) is 46.8 Å². The molecule has 0 spiro atoms. The Morgan fingerprint density at radius 3 is 2.78 bits per heavy atom. The van der Waals surface area contributed by atoms with Crippen LogP contribution >= 0.6 is 11.8 Å². The van der Waals surface area contributed by atoms with Gasteiger partial charge < -0.3 is 24.6 Å². The van der Waals surface area contributed by atoms with Gasteiger partial charge in [-0.3, -0.25) is 9.78 Å². The van der Waals surface area contributed by atoms with E-state index >= 15 is 0 Å². The number of aromatic hydroxyl groups is 1. The molecule has 0 radical (unpaired) electrons. The van der Waals surface area contributed by atoms with Crippen LogP contribution in [0.15, 0.2) is 24.4 Å². The maximum Gasteiger partial charge on any atom is 0.234 e. The Labute approximate surface area is 161 Å². The molecule has 0 saturated carbocycles. The highest BCUT2D eigenvalue weighted by molar-refractivity contribution is 8.00. The van der Waals surface area contributed by atoms with Crippen LogP contribution in [-0.2, 0) is 17.9 Å². The van der Waals surface area contributed by atoms with Crippen LogP contribution in [0.2, 0.25) is 0 Å². The summed E-state index contributed by atoms with van der Waals surface area (Å²) in [7, 11) is 3.17. The number of carbonyl (C=O) groups excluding carboxylic acids is 1. The van der Waals surface area contributed by atoms with E-state index in [0.717, 1.165) is 5.56 Å². The summed E-state index contributed by atoms with van der Waals surface area (Å²) in [5.41, 5.74) is 2.28. The number of nitrogens with zero attached hydrogens (tertiary/aromatic N) is 2. The number of amides is 1. The molecule has 1 aliphatic heterocycles. The van der Waals surface area contributed by atoms with E-state index in [0.29, 0.717) is 34.1 Å². The van der Waals surface area contributed by atoms with Gasteiger partial charge in [-0.25, -0.2) is 0 Å². The Hall–Kier alpha value is -2.45. The second-order valence-corrected chi connectivity index (χ2v) is 7.22. The number of pyridine rings is 1. The fourth-order valence-corrected chi connectivity index (χ4v) is 4.28. The van der Waals surface area contributed by atoms with Crippen molar-refractivity contribution in [1.29, 1.82) is 0 Å². The number of carbonyl (C=O) groups is 1. The van der Waals surface area contributed by atoms with Crippen molar-refractivity contribution in [3.63, 3.8) is 0 Å². The van der Waals surface area contributed by atoms with E-state index in [1.165, 1.54) is 18.0 Å². The smallest absolute Gasteiger partial charge is 0.234 e. The maximum absolute atomic E-state index is 12.6. The van der Waals surface area contributed by atoms with Gasteiger partial charge in [0.1, 0.15) is 22.6 Å². The topological polar surface area (TPSA) is 92.1 Å². The molecule has 8 heteroatoms. The SMILES string of the molecule is COc1ccc(OC)c(C2SCC(=O)N2Cc2c(CO)cnc(C)c2O)c1. The first kappa shape index (κ1) is 19.3. The van der Waals surface area contributed by atoms with E-state index < -0.39 is 0 Å². The number of aliphatic hydroxyl groups is 1. The van der Waals surface area contributed by atoms with Crippen LogP contribution in [0.5, 0.6) is 17.2 Å². The Morgan fingerprint density at radius 2 is 2.11 bits per heavy atom. The fraction of sp³-hybridized carbons (Fsp3) is 0.368. The number of methoxy groups -OCH3 is 2. The minimum Gasteiger partial charge on any atom is -0.506 e. The first-order valence-electron chi connectivity index (χ1n) is 8.40. The van der Waals surface area contributed by atoms with E-state index in [1.807, 2.05) is 12.1 Å². The summed E-state index contributed by atoms with van der Waals surface area (Å²) in [6.45, 7) is 1.59. The third-order valence-corrected chi connectivity index (χ3v) is 5.84. The minimum atomic E-state index is -0.290. The molecule has 1 aromatic carbocycles. The molecule has 144 valence electrons. The first-order valence-corrected chi connectivity index (χ1v) is 9.45. The number of thioether (sulfide) groups is 1. The summed E-state index contributed by atoms with van der Waals surface area (Å²) >= 11 is 1.48.